The highest BCUT2D eigenvalue weighted by atomic mass is 32.1. The molecule has 0 bridgehead atoms. The molecule has 0 saturated heterocycles. The molecule has 7 heteroatoms. The number of carbonyl (C=O) groups is 1. The number of nitrogens with one attached hydrogen (secondary N) is 2. The molecule has 1 amide bonds. The van der Waals surface area contributed by atoms with E-state index in [0.717, 1.165) is 35.6 Å². The number of carbonyl (C=O) groups excluding carboxylic acids is 1. The molecule has 5 nitrogen and oxygen atoms in total. The van der Waals surface area contributed by atoms with Crippen LogP contribution >= 0.6 is 11.3 Å². The Balaban J connectivity index is 1.37. The second-order valence-electron chi connectivity index (χ2n) is 7.66. The molecule has 31 heavy (non-hydrogen) atoms. The van der Waals surface area contributed by atoms with Crippen molar-refractivity contribution in [2.24, 2.45) is 0 Å². The summed E-state index contributed by atoms with van der Waals surface area (Å²) in [4.78, 5) is 31.1. The molecular weight excluding hydrogens is 413 g/mol. The fraction of sp³-hybridized carbons (Fsp3) is 0.250. The second-order valence-corrected chi connectivity index (χ2v) is 8.64. The number of hydrogen-bond donors (Lipinski definition) is 2. The molecule has 1 aliphatic rings. The maximum atomic E-state index is 13.1. The van der Waals surface area contributed by atoms with Crippen molar-refractivity contribution >= 4 is 22.8 Å². The normalized spacial score (nSPS) is 15.4. The predicted octanol–water partition coefficient (Wildman–Crippen LogP) is 4.36. The minimum atomic E-state index is -0.382. The van der Waals surface area contributed by atoms with Crippen molar-refractivity contribution in [2.75, 3.05) is 13.1 Å². The van der Waals surface area contributed by atoms with Gasteiger partial charge < -0.3 is 10.3 Å². The summed E-state index contributed by atoms with van der Waals surface area (Å²) in [5.74, 6) is -0.609. The van der Waals surface area contributed by atoms with Crippen molar-refractivity contribution in [2.45, 2.75) is 25.9 Å². The summed E-state index contributed by atoms with van der Waals surface area (Å²) in [5.41, 5.74) is 2.75. The van der Waals surface area contributed by atoms with Gasteiger partial charge in [-0.1, -0.05) is 24.3 Å². The van der Waals surface area contributed by atoms with E-state index in [1.165, 1.54) is 17.7 Å². The van der Waals surface area contributed by atoms with Gasteiger partial charge in [-0.15, -0.1) is 11.3 Å². The van der Waals surface area contributed by atoms with Crippen LogP contribution < -0.4 is 10.9 Å². The van der Waals surface area contributed by atoms with E-state index in [4.69, 9.17) is 0 Å². The summed E-state index contributed by atoms with van der Waals surface area (Å²) < 4.78 is 13.1. The second kappa shape index (κ2) is 9.41. The molecule has 4 rings (SSSR count). The Morgan fingerprint density at radius 3 is 2.68 bits per heavy atom. The molecule has 0 saturated carbocycles. The van der Waals surface area contributed by atoms with Gasteiger partial charge in [0.05, 0.1) is 6.04 Å². The van der Waals surface area contributed by atoms with Crippen LogP contribution in [0, 0.1) is 5.82 Å². The van der Waals surface area contributed by atoms with Crippen molar-refractivity contribution in [3.05, 3.63) is 97.9 Å². The molecule has 0 fully saturated rings. The molecule has 2 N–H and O–H groups in total. The quantitative estimate of drug-likeness (QED) is 0.602. The van der Waals surface area contributed by atoms with E-state index in [1.54, 1.807) is 35.6 Å². The number of amides is 1. The monoisotopic (exact) mass is 437 g/mol. The van der Waals surface area contributed by atoms with E-state index in [1.807, 2.05) is 24.4 Å². The average Bonchev–Trinajstić information content (AvgIpc) is 3.30. The Labute approximate surface area is 184 Å². The van der Waals surface area contributed by atoms with Gasteiger partial charge in [-0.05, 0) is 60.2 Å². The molecule has 0 radical (unpaired) electrons. The Morgan fingerprint density at radius 1 is 1.23 bits per heavy atom. The average molecular weight is 438 g/mol. The Kier molecular flexibility index (Phi) is 6.44. The first-order valence-corrected chi connectivity index (χ1v) is 11.1. The summed E-state index contributed by atoms with van der Waals surface area (Å²) >= 11 is 1.57. The first kappa shape index (κ1) is 21.2. The Bertz CT molecular complexity index is 1140. The topological polar surface area (TPSA) is 65.2 Å². The van der Waals surface area contributed by atoms with Gasteiger partial charge in [0.1, 0.15) is 11.4 Å². The molecule has 1 aromatic carbocycles. The molecular formula is C24H24FN3O2S. The highest BCUT2D eigenvalue weighted by Crippen LogP contribution is 2.23. The van der Waals surface area contributed by atoms with Gasteiger partial charge >= 0.3 is 0 Å². The van der Waals surface area contributed by atoms with Crippen LogP contribution in [0.1, 0.15) is 45.9 Å². The van der Waals surface area contributed by atoms with Gasteiger partial charge in [-0.25, -0.2) is 4.39 Å². The summed E-state index contributed by atoms with van der Waals surface area (Å²) in [5, 5.41) is 4.83. The van der Waals surface area contributed by atoms with Gasteiger partial charge in [0.15, 0.2) is 0 Å². The van der Waals surface area contributed by atoms with Crippen molar-refractivity contribution in [3.63, 3.8) is 0 Å². The lowest BCUT2D eigenvalue weighted by Crippen LogP contribution is -2.33. The Morgan fingerprint density at radius 2 is 2.03 bits per heavy atom. The lowest BCUT2D eigenvalue weighted by molar-refractivity contribution is 0.0939. The highest BCUT2D eigenvalue weighted by molar-refractivity contribution is 7.10. The van der Waals surface area contributed by atoms with Crippen LogP contribution in [0.4, 0.5) is 4.39 Å². The van der Waals surface area contributed by atoms with E-state index < -0.39 is 0 Å². The molecule has 3 heterocycles. The number of pyridine rings is 1. The zero-order valence-corrected chi connectivity index (χ0v) is 18.0. The van der Waals surface area contributed by atoms with Crippen LogP contribution in [-0.2, 0) is 6.54 Å². The molecule has 1 unspecified atom stereocenters. The van der Waals surface area contributed by atoms with Crippen LogP contribution in [-0.4, -0.2) is 28.9 Å². The number of thiophene rings is 1. The summed E-state index contributed by atoms with van der Waals surface area (Å²) in [6, 6.07) is 13.7. The van der Waals surface area contributed by atoms with Gasteiger partial charge in [0.2, 0.25) is 0 Å². The fourth-order valence-corrected chi connectivity index (χ4v) is 4.42. The summed E-state index contributed by atoms with van der Waals surface area (Å²) in [6.07, 6.45) is 3.00. The highest BCUT2D eigenvalue weighted by Gasteiger charge is 2.17. The molecule has 3 aromatic rings. The zero-order valence-electron chi connectivity index (χ0n) is 17.2. The number of aromatic amines is 1. The van der Waals surface area contributed by atoms with E-state index in [-0.39, 0.29) is 28.9 Å². The molecule has 0 aliphatic carbocycles. The molecule has 1 atom stereocenters. The minimum Gasteiger partial charge on any atom is -0.345 e. The van der Waals surface area contributed by atoms with E-state index in [9.17, 15) is 14.0 Å². The smallest absolute Gasteiger partial charge is 0.261 e. The minimum absolute atomic E-state index is 0.115. The van der Waals surface area contributed by atoms with Crippen molar-refractivity contribution in [1.82, 2.24) is 15.2 Å². The SMILES string of the molecule is CC(NC(=O)c1ccc(CN2CC=C(c3ccc(F)cc3)CC2)[nH]c1=O)c1cccs1. The fourth-order valence-electron chi connectivity index (χ4n) is 3.69. The summed E-state index contributed by atoms with van der Waals surface area (Å²) in [6.45, 7) is 4.08. The van der Waals surface area contributed by atoms with Crippen LogP contribution in [0.2, 0.25) is 0 Å². The lowest BCUT2D eigenvalue weighted by Gasteiger charge is -2.26. The van der Waals surface area contributed by atoms with Crippen LogP contribution in [0.15, 0.2) is 64.8 Å². The van der Waals surface area contributed by atoms with Crippen LogP contribution in [0.25, 0.3) is 5.57 Å². The van der Waals surface area contributed by atoms with Gasteiger partial charge in [0.25, 0.3) is 11.5 Å². The van der Waals surface area contributed by atoms with Crippen molar-refractivity contribution in [1.29, 1.82) is 0 Å². The third-order valence-corrected chi connectivity index (χ3v) is 6.49. The molecule has 160 valence electrons. The largest absolute Gasteiger partial charge is 0.345 e. The van der Waals surface area contributed by atoms with Gasteiger partial charge in [-0.2, -0.15) is 0 Å². The number of H-pyrrole nitrogens is 1. The standard InChI is InChI=1S/C24H24FN3O2S/c1-16(22-3-2-14-31-22)26-23(29)21-9-8-20(27-24(21)30)15-28-12-10-18(11-13-28)17-4-6-19(25)7-5-17/h2-10,14,16H,11-13,15H2,1H3,(H,26,29)(H,27,30). The summed E-state index contributed by atoms with van der Waals surface area (Å²) in [7, 11) is 0. The van der Waals surface area contributed by atoms with E-state index in [0.29, 0.717) is 6.54 Å². The number of benzene rings is 1. The molecule has 2 aromatic heterocycles. The number of aromatic nitrogens is 1. The van der Waals surface area contributed by atoms with Gasteiger partial charge in [0, 0.05) is 30.2 Å². The maximum absolute atomic E-state index is 13.1. The van der Waals surface area contributed by atoms with Crippen LogP contribution in [0.3, 0.4) is 0 Å². The third-order valence-electron chi connectivity index (χ3n) is 5.43. The number of nitrogens with zero attached hydrogens (tertiary/aromatic N) is 1. The first-order valence-electron chi connectivity index (χ1n) is 10.2. The van der Waals surface area contributed by atoms with E-state index >= 15 is 0 Å². The van der Waals surface area contributed by atoms with E-state index in [2.05, 4.69) is 21.3 Å². The number of hydrogen-bond acceptors (Lipinski definition) is 4. The van der Waals surface area contributed by atoms with Crippen LogP contribution in [0.5, 0.6) is 0 Å². The number of rotatable bonds is 6. The number of halogens is 1. The predicted molar refractivity (Wildman–Crippen MR) is 122 cm³/mol. The van der Waals surface area contributed by atoms with Crippen molar-refractivity contribution in [3.8, 4) is 0 Å². The third kappa shape index (κ3) is 5.18. The lowest BCUT2D eigenvalue weighted by atomic mass is 9.99. The molecule has 0 spiro atoms. The Hall–Kier alpha value is -3.03. The van der Waals surface area contributed by atoms with Gasteiger partial charge in [-0.3, -0.25) is 14.5 Å². The maximum Gasteiger partial charge on any atom is 0.261 e. The zero-order chi connectivity index (χ0) is 21.8. The van der Waals surface area contributed by atoms with Crippen molar-refractivity contribution < 1.29 is 9.18 Å². The molecule has 1 aliphatic heterocycles. The first-order chi connectivity index (χ1) is 15.0.